The fraction of sp³-hybridized carbons (Fsp3) is 0.222. The molecule has 1 N–H and O–H groups in total. The number of hydrogen-bond donors (Lipinski definition) is 1. The molecule has 5 rings (SSSR count). The predicted molar refractivity (Wildman–Crippen MR) is 136 cm³/mol. The van der Waals surface area contributed by atoms with Crippen LogP contribution in [0.15, 0.2) is 71.8 Å². The smallest absolute Gasteiger partial charge is 0.234 e. The molecule has 0 saturated carbocycles. The van der Waals surface area contributed by atoms with Gasteiger partial charge in [-0.25, -0.2) is 9.97 Å². The first kappa shape index (κ1) is 21.5. The number of anilines is 2. The van der Waals surface area contributed by atoms with Crippen molar-refractivity contribution in [1.82, 2.24) is 9.97 Å². The topological polar surface area (TPSA) is 58.1 Å². The van der Waals surface area contributed by atoms with Crippen LogP contribution in [-0.2, 0) is 17.8 Å². The van der Waals surface area contributed by atoms with Crippen LogP contribution in [0.2, 0.25) is 0 Å². The monoisotopic (exact) mass is 454 g/mol. The minimum Gasteiger partial charge on any atom is -0.336 e. The van der Waals surface area contributed by atoms with E-state index >= 15 is 0 Å². The number of rotatable bonds is 5. The summed E-state index contributed by atoms with van der Waals surface area (Å²) in [6, 6.07) is 22.6. The molecule has 0 spiro atoms. The number of nitrogens with one attached hydrogen (secondary N) is 1. The van der Waals surface area contributed by atoms with E-state index in [0.717, 1.165) is 52.6 Å². The molecule has 0 atom stereocenters. The van der Waals surface area contributed by atoms with Gasteiger partial charge in [-0.2, -0.15) is 0 Å². The standard InChI is InChI=1S/C27H26N4OS/c1-18-11-12-23(19(2)15-18)28-25(32)17-33-26-22-9-5-6-10-24(22)29-27(30-26)31-14-13-20-7-3-4-8-21(20)16-31/h3-12,15H,13-14,16-17H2,1-2H3,(H,28,32). The van der Waals surface area contributed by atoms with Gasteiger partial charge in [0.2, 0.25) is 11.9 Å². The first-order valence-electron chi connectivity index (χ1n) is 11.2. The molecule has 3 aromatic carbocycles. The van der Waals surface area contributed by atoms with Crippen molar-refractivity contribution in [3.63, 3.8) is 0 Å². The summed E-state index contributed by atoms with van der Waals surface area (Å²) >= 11 is 1.46. The lowest BCUT2D eigenvalue weighted by molar-refractivity contribution is -0.113. The van der Waals surface area contributed by atoms with Crippen LogP contribution in [0.4, 0.5) is 11.6 Å². The van der Waals surface area contributed by atoms with Gasteiger partial charge in [0.25, 0.3) is 0 Å². The van der Waals surface area contributed by atoms with Crippen molar-refractivity contribution in [3.8, 4) is 0 Å². The van der Waals surface area contributed by atoms with Gasteiger partial charge in [0.1, 0.15) is 5.03 Å². The van der Waals surface area contributed by atoms with Gasteiger partial charge in [-0.3, -0.25) is 4.79 Å². The van der Waals surface area contributed by atoms with Gasteiger partial charge in [-0.05, 0) is 49.1 Å². The highest BCUT2D eigenvalue weighted by atomic mass is 32.2. The van der Waals surface area contributed by atoms with E-state index in [1.165, 1.54) is 28.5 Å². The van der Waals surface area contributed by atoms with Gasteiger partial charge >= 0.3 is 0 Å². The number of carbonyl (C=O) groups is 1. The Balaban J connectivity index is 1.37. The quantitative estimate of drug-likeness (QED) is 0.317. The molecule has 2 heterocycles. The molecule has 1 amide bonds. The zero-order chi connectivity index (χ0) is 22.8. The lowest BCUT2D eigenvalue weighted by atomic mass is 10.0. The third kappa shape index (κ3) is 4.71. The van der Waals surface area contributed by atoms with Crippen LogP contribution in [0.3, 0.4) is 0 Å². The largest absolute Gasteiger partial charge is 0.336 e. The van der Waals surface area contributed by atoms with Crippen LogP contribution in [0.5, 0.6) is 0 Å². The lowest BCUT2D eigenvalue weighted by Crippen LogP contribution is -2.31. The number of amides is 1. The number of aromatic nitrogens is 2. The number of benzene rings is 3. The Morgan fingerprint density at radius 1 is 1.00 bits per heavy atom. The van der Waals surface area contributed by atoms with Gasteiger partial charge in [0, 0.05) is 24.2 Å². The van der Waals surface area contributed by atoms with Crippen molar-refractivity contribution in [2.24, 2.45) is 0 Å². The molecule has 0 bridgehead atoms. The minimum absolute atomic E-state index is 0.0388. The van der Waals surface area contributed by atoms with Crippen LogP contribution >= 0.6 is 11.8 Å². The Labute approximate surface area is 198 Å². The number of hydrogen-bond acceptors (Lipinski definition) is 5. The highest BCUT2D eigenvalue weighted by Gasteiger charge is 2.20. The van der Waals surface area contributed by atoms with Crippen LogP contribution < -0.4 is 10.2 Å². The first-order valence-corrected chi connectivity index (χ1v) is 12.1. The Morgan fingerprint density at radius 2 is 1.79 bits per heavy atom. The summed E-state index contributed by atoms with van der Waals surface area (Å²) in [5.74, 6) is 0.972. The molecule has 6 heteroatoms. The molecule has 0 saturated heterocycles. The van der Waals surface area contributed by atoms with Gasteiger partial charge in [0.15, 0.2) is 0 Å². The van der Waals surface area contributed by atoms with Crippen LogP contribution in [-0.4, -0.2) is 28.2 Å². The molecule has 0 fully saturated rings. The molecule has 5 nitrogen and oxygen atoms in total. The molecule has 1 aliphatic heterocycles. The molecule has 4 aromatic rings. The summed E-state index contributed by atoms with van der Waals surface area (Å²) in [5, 5.41) is 4.84. The van der Waals surface area contributed by atoms with Crippen molar-refractivity contribution >= 4 is 40.2 Å². The number of para-hydroxylation sites is 1. The highest BCUT2D eigenvalue weighted by Crippen LogP contribution is 2.30. The number of carbonyl (C=O) groups excluding carboxylic acids is 1. The van der Waals surface area contributed by atoms with Gasteiger partial charge < -0.3 is 10.2 Å². The second-order valence-electron chi connectivity index (χ2n) is 8.44. The SMILES string of the molecule is Cc1ccc(NC(=O)CSc2nc(N3CCc4ccccc4C3)nc3ccccc23)c(C)c1. The van der Waals surface area contributed by atoms with E-state index in [0.29, 0.717) is 0 Å². The second-order valence-corrected chi connectivity index (χ2v) is 9.41. The van der Waals surface area contributed by atoms with Crippen molar-refractivity contribution in [2.45, 2.75) is 31.8 Å². The maximum absolute atomic E-state index is 12.7. The fourth-order valence-corrected chi connectivity index (χ4v) is 5.04. The maximum Gasteiger partial charge on any atom is 0.234 e. The number of nitrogens with zero attached hydrogens (tertiary/aromatic N) is 3. The molecule has 166 valence electrons. The molecule has 33 heavy (non-hydrogen) atoms. The zero-order valence-electron chi connectivity index (χ0n) is 18.8. The fourth-order valence-electron chi connectivity index (χ4n) is 4.23. The summed E-state index contributed by atoms with van der Waals surface area (Å²) in [6.45, 7) is 5.74. The number of aryl methyl sites for hydroxylation is 2. The first-order chi connectivity index (χ1) is 16.1. The van der Waals surface area contributed by atoms with E-state index in [-0.39, 0.29) is 11.7 Å². The third-order valence-electron chi connectivity index (χ3n) is 5.97. The normalized spacial score (nSPS) is 13.1. The Hall–Kier alpha value is -3.38. The van der Waals surface area contributed by atoms with Crippen LogP contribution in [0.1, 0.15) is 22.3 Å². The number of thioether (sulfide) groups is 1. The third-order valence-corrected chi connectivity index (χ3v) is 6.96. The summed E-state index contributed by atoms with van der Waals surface area (Å²) in [5.41, 5.74) is 6.72. The second kappa shape index (κ2) is 9.24. The van der Waals surface area contributed by atoms with E-state index in [1.807, 2.05) is 50.2 Å². The van der Waals surface area contributed by atoms with Crippen molar-refractivity contribution in [2.75, 3.05) is 22.5 Å². The molecular formula is C27H26N4OS. The predicted octanol–water partition coefficient (Wildman–Crippen LogP) is 5.54. The summed E-state index contributed by atoms with van der Waals surface area (Å²) < 4.78 is 0. The van der Waals surface area contributed by atoms with Crippen molar-refractivity contribution in [1.29, 1.82) is 0 Å². The average Bonchev–Trinajstić information content (AvgIpc) is 2.84. The Kier molecular flexibility index (Phi) is 6.01. The average molecular weight is 455 g/mol. The molecular weight excluding hydrogens is 428 g/mol. The van der Waals surface area contributed by atoms with E-state index in [2.05, 4.69) is 40.5 Å². The van der Waals surface area contributed by atoms with E-state index in [1.54, 1.807) is 0 Å². The van der Waals surface area contributed by atoms with E-state index in [9.17, 15) is 4.79 Å². The van der Waals surface area contributed by atoms with Crippen LogP contribution in [0, 0.1) is 13.8 Å². The Morgan fingerprint density at radius 3 is 2.64 bits per heavy atom. The molecule has 0 radical (unpaired) electrons. The summed E-state index contributed by atoms with van der Waals surface area (Å²) in [7, 11) is 0. The zero-order valence-corrected chi connectivity index (χ0v) is 19.7. The molecule has 1 aliphatic rings. The van der Waals surface area contributed by atoms with Crippen LogP contribution in [0.25, 0.3) is 10.9 Å². The van der Waals surface area contributed by atoms with Crippen molar-refractivity contribution in [3.05, 3.63) is 89.0 Å². The lowest BCUT2D eigenvalue weighted by Gasteiger charge is -2.29. The highest BCUT2D eigenvalue weighted by molar-refractivity contribution is 8.00. The van der Waals surface area contributed by atoms with Crippen molar-refractivity contribution < 1.29 is 4.79 Å². The van der Waals surface area contributed by atoms with E-state index in [4.69, 9.17) is 9.97 Å². The maximum atomic E-state index is 12.7. The van der Waals surface area contributed by atoms with Gasteiger partial charge in [-0.15, -0.1) is 0 Å². The van der Waals surface area contributed by atoms with Gasteiger partial charge in [0.05, 0.1) is 11.3 Å². The number of fused-ring (bicyclic) bond motifs is 2. The minimum atomic E-state index is -0.0388. The summed E-state index contributed by atoms with van der Waals surface area (Å²) in [6.07, 6.45) is 0.979. The summed E-state index contributed by atoms with van der Waals surface area (Å²) in [4.78, 5) is 24.7. The molecule has 0 unspecified atom stereocenters. The molecule has 0 aliphatic carbocycles. The molecule has 1 aromatic heterocycles. The van der Waals surface area contributed by atoms with E-state index < -0.39 is 0 Å². The van der Waals surface area contributed by atoms with Gasteiger partial charge in [-0.1, -0.05) is 71.9 Å². The Bertz CT molecular complexity index is 1340.